The van der Waals surface area contributed by atoms with Crippen molar-refractivity contribution >= 4 is 20.0 Å². The molecular formula is C28H61NO7S2. The molecule has 38 heavy (non-hydrogen) atoms. The second-order valence-electron chi connectivity index (χ2n) is 11.7. The Morgan fingerprint density at radius 1 is 0.711 bits per heavy atom. The van der Waals surface area contributed by atoms with Crippen LogP contribution in [-0.4, -0.2) is 95.7 Å². The van der Waals surface area contributed by atoms with Gasteiger partial charge in [0.05, 0.1) is 62.0 Å². The number of hydrogen-bond donors (Lipinski definition) is 1. The summed E-state index contributed by atoms with van der Waals surface area (Å²) in [5.41, 5.74) is 0. The van der Waals surface area contributed by atoms with Crippen LogP contribution in [0.3, 0.4) is 0 Å². The zero-order chi connectivity index (χ0) is 29.3. The van der Waals surface area contributed by atoms with E-state index in [9.17, 15) is 13.5 Å². The Labute approximate surface area is 236 Å². The van der Waals surface area contributed by atoms with Crippen molar-refractivity contribution in [3.05, 3.63) is 0 Å². The van der Waals surface area contributed by atoms with E-state index in [1.807, 2.05) is 21.1 Å². The lowest BCUT2D eigenvalue weighted by Crippen LogP contribution is -2.36. The molecule has 232 valence electrons. The zero-order valence-electron chi connectivity index (χ0n) is 25.3. The van der Waals surface area contributed by atoms with Crippen LogP contribution in [0.1, 0.15) is 116 Å². The number of hydrogen-bond acceptors (Lipinski definition) is 7. The number of rotatable bonds is 25. The van der Waals surface area contributed by atoms with E-state index < -0.39 is 26.1 Å². The molecule has 1 atom stereocenters. The van der Waals surface area contributed by atoms with Gasteiger partial charge < -0.3 is 18.9 Å². The third-order valence-electron chi connectivity index (χ3n) is 6.18. The van der Waals surface area contributed by atoms with E-state index in [0.29, 0.717) is 19.3 Å². The third-order valence-corrected chi connectivity index (χ3v) is 7.99. The van der Waals surface area contributed by atoms with E-state index in [0.717, 1.165) is 23.9 Å². The van der Waals surface area contributed by atoms with Crippen LogP contribution in [0.2, 0.25) is 0 Å². The molecule has 0 fully saturated rings. The molecule has 0 saturated heterocycles. The number of sulfone groups is 1. The quantitative estimate of drug-likeness (QED) is 0.0874. The molecule has 8 nitrogen and oxygen atoms in total. The lowest BCUT2D eigenvalue weighted by atomic mass is 10.0. The average Bonchev–Trinajstić information content (AvgIpc) is 2.75. The van der Waals surface area contributed by atoms with Crippen molar-refractivity contribution in [2.75, 3.05) is 58.7 Å². The summed E-state index contributed by atoms with van der Waals surface area (Å²) in [5.74, 6) is -0.0538. The maximum absolute atomic E-state index is 12.1. The van der Waals surface area contributed by atoms with Crippen molar-refractivity contribution in [3.63, 3.8) is 0 Å². The van der Waals surface area contributed by atoms with Gasteiger partial charge in [0.25, 0.3) is 0 Å². The second-order valence-corrected chi connectivity index (χ2v) is 15.4. The average molecular weight is 588 g/mol. The van der Waals surface area contributed by atoms with Crippen molar-refractivity contribution in [1.29, 1.82) is 0 Å². The fraction of sp³-hybridized carbons (Fsp3) is 1.00. The van der Waals surface area contributed by atoms with Crippen molar-refractivity contribution in [2.24, 2.45) is 0 Å². The van der Waals surface area contributed by atoms with Gasteiger partial charge in [-0.2, -0.15) is 0 Å². The van der Waals surface area contributed by atoms with Crippen molar-refractivity contribution in [1.82, 2.24) is 0 Å². The highest BCUT2D eigenvalue weighted by Gasteiger charge is 2.19. The van der Waals surface area contributed by atoms with Crippen LogP contribution in [-0.2, 0) is 24.7 Å². The summed E-state index contributed by atoms with van der Waals surface area (Å²) in [6, 6.07) is 0. The molecule has 0 amide bonds. The lowest BCUT2D eigenvalue weighted by Gasteiger charge is -2.23. The second kappa shape index (κ2) is 24.5. The third kappa shape index (κ3) is 40.2. The van der Waals surface area contributed by atoms with E-state index >= 15 is 0 Å². The van der Waals surface area contributed by atoms with Crippen molar-refractivity contribution < 1.29 is 35.7 Å². The Kier molecular flexibility index (Phi) is 25.7. The standard InChI is InChI=1S/C27H58NO4S.CH4O3S/c1-5-6-7-8-9-10-11-12-13-14-15-16-17-18-19-20-23-32-25-27(29)26-33(30,31)24-21-22-28(2,3)4;1-5(2,3)4/h27,29H,5-26H2,1-4H3;1H3,(H,2,3,4)/q+1;/p-1. The molecule has 0 rings (SSSR count). The lowest BCUT2D eigenvalue weighted by molar-refractivity contribution is -0.870. The topological polar surface area (TPSA) is 121 Å². The summed E-state index contributed by atoms with van der Waals surface area (Å²) in [6.45, 7) is 3.81. The van der Waals surface area contributed by atoms with Crippen LogP contribution in [0.15, 0.2) is 0 Å². The Morgan fingerprint density at radius 3 is 1.45 bits per heavy atom. The maximum Gasteiger partial charge on any atom is 0.153 e. The van der Waals surface area contributed by atoms with Gasteiger partial charge in [0.15, 0.2) is 9.84 Å². The van der Waals surface area contributed by atoms with E-state index in [1.165, 1.54) is 89.9 Å². The fourth-order valence-corrected chi connectivity index (χ4v) is 5.57. The molecule has 0 heterocycles. The van der Waals surface area contributed by atoms with Gasteiger partial charge in [0.2, 0.25) is 0 Å². The minimum absolute atomic E-state index is 0.118. The van der Waals surface area contributed by atoms with Crippen LogP contribution in [0.25, 0.3) is 0 Å². The van der Waals surface area contributed by atoms with Gasteiger partial charge in [0.1, 0.15) is 0 Å². The SMILES string of the molecule is CCCCCCCCCCCCCCCCCCOCC(O)CS(=O)(=O)CCC[N+](C)(C)C.CS(=O)(=O)[O-]. The smallest absolute Gasteiger partial charge is 0.153 e. The molecule has 0 saturated carbocycles. The summed E-state index contributed by atoms with van der Waals surface area (Å²) >= 11 is 0. The van der Waals surface area contributed by atoms with Gasteiger partial charge in [-0.1, -0.05) is 103 Å². The van der Waals surface area contributed by atoms with Crippen molar-refractivity contribution in [2.45, 2.75) is 122 Å². The molecule has 1 unspecified atom stereocenters. The highest BCUT2D eigenvalue weighted by molar-refractivity contribution is 7.91. The fourth-order valence-electron chi connectivity index (χ4n) is 4.15. The molecule has 0 aromatic rings. The molecule has 0 aromatic heterocycles. The van der Waals surface area contributed by atoms with E-state index in [1.54, 1.807) is 0 Å². The number of ether oxygens (including phenoxy) is 1. The first kappa shape index (κ1) is 39.9. The number of quaternary nitrogens is 1. The number of nitrogens with zero attached hydrogens (tertiary/aromatic N) is 1. The van der Waals surface area contributed by atoms with E-state index in [4.69, 9.17) is 17.7 Å². The molecule has 0 bridgehead atoms. The molecule has 10 heteroatoms. The predicted octanol–water partition coefficient (Wildman–Crippen LogP) is 5.30. The summed E-state index contributed by atoms with van der Waals surface area (Å²) in [6.07, 6.45) is 21.7. The molecule has 0 aliphatic rings. The van der Waals surface area contributed by atoms with E-state index in [-0.39, 0.29) is 18.1 Å². The Hall–Kier alpha value is -0.260. The van der Waals surface area contributed by atoms with Crippen molar-refractivity contribution in [3.8, 4) is 0 Å². The summed E-state index contributed by atoms with van der Waals surface area (Å²) in [4.78, 5) is 0. The van der Waals surface area contributed by atoms with Gasteiger partial charge in [-0.3, -0.25) is 0 Å². The van der Waals surface area contributed by atoms with Gasteiger partial charge in [-0.25, -0.2) is 16.8 Å². The molecular weight excluding hydrogens is 526 g/mol. The molecule has 0 aliphatic carbocycles. The van der Waals surface area contributed by atoms with Crippen LogP contribution in [0.5, 0.6) is 0 Å². The summed E-state index contributed by atoms with van der Waals surface area (Å²) in [5, 5.41) is 9.97. The normalized spacial score (nSPS) is 13.2. The molecule has 0 aliphatic heterocycles. The molecule has 0 radical (unpaired) electrons. The predicted molar refractivity (Wildman–Crippen MR) is 158 cm³/mol. The zero-order valence-corrected chi connectivity index (χ0v) is 26.9. The minimum Gasteiger partial charge on any atom is -0.748 e. The highest BCUT2D eigenvalue weighted by atomic mass is 32.2. The largest absolute Gasteiger partial charge is 0.748 e. The number of aliphatic hydroxyl groups is 1. The number of aliphatic hydroxyl groups excluding tert-OH is 1. The van der Waals surface area contributed by atoms with Gasteiger partial charge in [0, 0.05) is 19.3 Å². The van der Waals surface area contributed by atoms with E-state index in [2.05, 4.69) is 6.92 Å². The first-order valence-electron chi connectivity index (χ1n) is 14.8. The van der Waals surface area contributed by atoms with Crippen LogP contribution in [0, 0.1) is 0 Å². The summed E-state index contributed by atoms with van der Waals surface area (Å²) < 4.78 is 57.7. The maximum atomic E-state index is 12.1. The van der Waals surface area contributed by atoms with Gasteiger partial charge in [-0.15, -0.1) is 0 Å². The monoisotopic (exact) mass is 587 g/mol. The van der Waals surface area contributed by atoms with Gasteiger partial charge in [-0.05, 0) is 6.42 Å². The van der Waals surface area contributed by atoms with Crippen LogP contribution >= 0.6 is 0 Å². The Bertz CT molecular complexity index is 712. The van der Waals surface area contributed by atoms with Crippen LogP contribution in [0.4, 0.5) is 0 Å². The first-order valence-corrected chi connectivity index (χ1v) is 18.5. The Balaban J connectivity index is 0. The summed E-state index contributed by atoms with van der Waals surface area (Å²) in [7, 11) is -0.985. The van der Waals surface area contributed by atoms with Gasteiger partial charge >= 0.3 is 0 Å². The molecule has 0 spiro atoms. The minimum atomic E-state index is -3.92. The Morgan fingerprint density at radius 2 is 1.08 bits per heavy atom. The first-order chi connectivity index (χ1) is 17.7. The highest BCUT2D eigenvalue weighted by Crippen LogP contribution is 2.13. The molecule has 1 N–H and O–H groups in total. The number of unbranched alkanes of at least 4 members (excludes halogenated alkanes) is 15. The van der Waals surface area contributed by atoms with Crippen LogP contribution < -0.4 is 0 Å². The molecule has 0 aromatic carbocycles.